The van der Waals surface area contributed by atoms with Crippen molar-refractivity contribution >= 4 is 32.8 Å². The highest BCUT2D eigenvalue weighted by Gasteiger charge is 2.07. The van der Waals surface area contributed by atoms with Crippen LogP contribution >= 0.6 is 27.5 Å². The summed E-state index contributed by atoms with van der Waals surface area (Å²) in [4.78, 5) is 10.7. The number of halogens is 2. The highest BCUT2D eigenvalue weighted by Crippen LogP contribution is 2.27. The summed E-state index contributed by atoms with van der Waals surface area (Å²) >= 11 is 8.75. The molecule has 0 aliphatic heterocycles. The van der Waals surface area contributed by atoms with Crippen molar-refractivity contribution in [2.24, 2.45) is 0 Å². The molecule has 0 radical (unpaired) electrons. The smallest absolute Gasteiger partial charge is 0.221 e. The Morgan fingerprint density at radius 3 is 2.54 bits per heavy atom. The van der Waals surface area contributed by atoms with E-state index in [0.717, 1.165) is 6.42 Å². The fraction of sp³-hybridized carbons (Fsp3) is 0.300. The maximum absolute atomic E-state index is 10.5. The Morgan fingerprint density at radius 2 is 2.00 bits per heavy atom. The van der Waals surface area contributed by atoms with Crippen LogP contribution < -0.4 is 0 Å². The molecule has 0 aliphatic carbocycles. The van der Waals surface area contributed by atoms with Gasteiger partial charge in [0.05, 0.1) is 0 Å². The minimum absolute atomic E-state index is 0.219. The largest absolute Gasteiger partial charge is 0.281 e. The van der Waals surface area contributed by atoms with Crippen LogP contribution in [0.2, 0.25) is 0 Å². The van der Waals surface area contributed by atoms with Gasteiger partial charge in [0.2, 0.25) is 5.24 Å². The lowest BCUT2D eigenvalue weighted by atomic mass is 10.1. The number of carbonyl (C=O) groups is 1. The second-order valence-corrected chi connectivity index (χ2v) is 4.30. The van der Waals surface area contributed by atoms with E-state index in [2.05, 4.69) is 15.9 Å². The molecule has 13 heavy (non-hydrogen) atoms. The predicted molar refractivity (Wildman–Crippen MR) is 58.2 cm³/mol. The van der Waals surface area contributed by atoms with Crippen LogP contribution in [-0.2, 0) is 4.79 Å². The fourth-order valence-corrected chi connectivity index (χ4v) is 1.71. The third-order valence-electron chi connectivity index (χ3n) is 1.76. The Balaban J connectivity index is 2.49. The minimum Gasteiger partial charge on any atom is -0.281 e. The standard InChI is InChI=1S/C10H10BrClO/c11-9(6-7-10(12)13)8-4-2-1-3-5-8/h1-5,9H,6-7H2. The van der Waals surface area contributed by atoms with Gasteiger partial charge in [-0.3, -0.25) is 4.79 Å². The molecule has 0 heterocycles. The second-order valence-electron chi connectivity index (χ2n) is 2.77. The van der Waals surface area contributed by atoms with Gasteiger partial charge in [-0.25, -0.2) is 0 Å². The summed E-state index contributed by atoms with van der Waals surface area (Å²) in [5.41, 5.74) is 1.18. The molecule has 0 aliphatic rings. The zero-order valence-corrected chi connectivity index (χ0v) is 9.38. The first-order valence-electron chi connectivity index (χ1n) is 4.07. The van der Waals surface area contributed by atoms with E-state index in [1.54, 1.807) is 0 Å². The third-order valence-corrected chi connectivity index (χ3v) is 2.93. The minimum atomic E-state index is -0.277. The second kappa shape index (κ2) is 5.40. The number of alkyl halides is 1. The van der Waals surface area contributed by atoms with Crippen LogP contribution in [0, 0.1) is 0 Å². The molecule has 1 rings (SSSR count). The Bertz CT molecular complexity index is 274. The summed E-state index contributed by atoms with van der Waals surface area (Å²) in [7, 11) is 0. The molecule has 0 N–H and O–H groups in total. The molecule has 0 saturated heterocycles. The molecule has 0 aromatic heterocycles. The van der Waals surface area contributed by atoms with Gasteiger partial charge in [0.15, 0.2) is 0 Å². The summed E-state index contributed by atoms with van der Waals surface area (Å²) < 4.78 is 0. The van der Waals surface area contributed by atoms with E-state index in [0.29, 0.717) is 6.42 Å². The van der Waals surface area contributed by atoms with Crippen LogP contribution in [0.25, 0.3) is 0 Å². The van der Waals surface area contributed by atoms with Crippen molar-refractivity contribution in [2.45, 2.75) is 17.7 Å². The first-order valence-corrected chi connectivity index (χ1v) is 5.37. The molecule has 1 nitrogen and oxygen atoms in total. The van der Waals surface area contributed by atoms with Crippen LogP contribution in [0.1, 0.15) is 23.2 Å². The maximum atomic E-state index is 10.5. The Kier molecular flexibility index (Phi) is 4.46. The lowest BCUT2D eigenvalue weighted by molar-refractivity contribution is -0.111. The van der Waals surface area contributed by atoms with Crippen LogP contribution in [0.15, 0.2) is 30.3 Å². The molecule has 0 bridgehead atoms. The van der Waals surface area contributed by atoms with E-state index < -0.39 is 0 Å². The quantitative estimate of drug-likeness (QED) is 0.597. The molecular weight excluding hydrogens is 251 g/mol. The van der Waals surface area contributed by atoms with Gasteiger partial charge in [0.25, 0.3) is 0 Å². The number of carbonyl (C=O) groups excluding carboxylic acids is 1. The van der Waals surface area contributed by atoms with Gasteiger partial charge in [-0.2, -0.15) is 0 Å². The molecule has 3 heteroatoms. The predicted octanol–water partition coefficient (Wildman–Crippen LogP) is 3.67. The highest BCUT2D eigenvalue weighted by molar-refractivity contribution is 9.09. The van der Waals surface area contributed by atoms with Crippen LogP contribution in [0.4, 0.5) is 0 Å². The van der Waals surface area contributed by atoms with Gasteiger partial charge < -0.3 is 0 Å². The maximum Gasteiger partial charge on any atom is 0.221 e. The van der Waals surface area contributed by atoms with Crippen molar-refractivity contribution in [2.75, 3.05) is 0 Å². The monoisotopic (exact) mass is 260 g/mol. The van der Waals surface area contributed by atoms with E-state index in [-0.39, 0.29) is 10.1 Å². The average molecular weight is 262 g/mol. The summed E-state index contributed by atoms with van der Waals surface area (Å²) in [6, 6.07) is 9.98. The van der Waals surface area contributed by atoms with Crippen LogP contribution in [0.3, 0.4) is 0 Å². The molecule has 1 unspecified atom stereocenters. The van der Waals surface area contributed by atoms with E-state index in [1.165, 1.54) is 5.56 Å². The summed E-state index contributed by atoms with van der Waals surface area (Å²) in [5.74, 6) is 0. The Hall–Kier alpha value is -0.340. The lowest BCUT2D eigenvalue weighted by Crippen LogP contribution is -1.93. The van der Waals surface area contributed by atoms with Crippen molar-refractivity contribution in [1.29, 1.82) is 0 Å². The first kappa shape index (κ1) is 10.7. The molecule has 1 atom stereocenters. The summed E-state index contributed by atoms with van der Waals surface area (Å²) in [6.45, 7) is 0. The fourth-order valence-electron chi connectivity index (χ4n) is 1.07. The van der Waals surface area contributed by atoms with Crippen LogP contribution in [-0.4, -0.2) is 5.24 Å². The van der Waals surface area contributed by atoms with E-state index >= 15 is 0 Å². The van der Waals surface area contributed by atoms with Crippen LogP contribution in [0.5, 0.6) is 0 Å². The van der Waals surface area contributed by atoms with Gasteiger partial charge >= 0.3 is 0 Å². The van der Waals surface area contributed by atoms with Crippen molar-refractivity contribution in [3.05, 3.63) is 35.9 Å². The zero-order valence-electron chi connectivity index (χ0n) is 7.04. The van der Waals surface area contributed by atoms with Crippen molar-refractivity contribution in [3.8, 4) is 0 Å². The van der Waals surface area contributed by atoms with Gasteiger partial charge in [0.1, 0.15) is 0 Å². The lowest BCUT2D eigenvalue weighted by Gasteiger charge is -2.07. The van der Waals surface area contributed by atoms with E-state index in [9.17, 15) is 4.79 Å². The SMILES string of the molecule is O=C(Cl)CCC(Br)c1ccccc1. The molecule has 0 amide bonds. The number of rotatable bonds is 4. The Morgan fingerprint density at radius 1 is 1.38 bits per heavy atom. The number of hydrogen-bond donors (Lipinski definition) is 0. The molecule has 1 aromatic rings. The molecule has 0 fully saturated rings. The van der Waals surface area contributed by atoms with Crippen molar-refractivity contribution in [3.63, 3.8) is 0 Å². The van der Waals surface area contributed by atoms with Crippen molar-refractivity contribution < 1.29 is 4.79 Å². The molecule has 1 aromatic carbocycles. The highest BCUT2D eigenvalue weighted by atomic mass is 79.9. The number of hydrogen-bond acceptors (Lipinski definition) is 1. The number of benzene rings is 1. The summed E-state index contributed by atoms with van der Waals surface area (Å²) in [6.07, 6.45) is 1.15. The molecule has 70 valence electrons. The van der Waals surface area contributed by atoms with E-state index in [1.807, 2.05) is 30.3 Å². The summed E-state index contributed by atoms with van der Waals surface area (Å²) in [5, 5.41) is -0.277. The zero-order chi connectivity index (χ0) is 9.68. The third kappa shape index (κ3) is 3.92. The Labute approximate surface area is 91.2 Å². The molecule has 0 spiro atoms. The average Bonchev–Trinajstić information content (AvgIpc) is 2.15. The van der Waals surface area contributed by atoms with Gasteiger partial charge in [-0.05, 0) is 23.6 Å². The normalized spacial score (nSPS) is 12.5. The van der Waals surface area contributed by atoms with Crippen molar-refractivity contribution in [1.82, 2.24) is 0 Å². The molecule has 0 saturated carbocycles. The first-order chi connectivity index (χ1) is 6.20. The van der Waals surface area contributed by atoms with Gasteiger partial charge in [-0.15, -0.1) is 0 Å². The topological polar surface area (TPSA) is 17.1 Å². The van der Waals surface area contributed by atoms with Gasteiger partial charge in [-0.1, -0.05) is 46.3 Å². The van der Waals surface area contributed by atoms with Gasteiger partial charge in [0, 0.05) is 11.2 Å². The molecular formula is C10H10BrClO. The van der Waals surface area contributed by atoms with E-state index in [4.69, 9.17) is 11.6 Å².